The van der Waals surface area contributed by atoms with Gasteiger partial charge in [0.15, 0.2) is 0 Å². The normalized spacial score (nSPS) is 24.8. The summed E-state index contributed by atoms with van der Waals surface area (Å²) in [6.07, 6.45) is 1.67. The number of carbonyl (C=O) groups excluding carboxylic acids is 1. The van der Waals surface area contributed by atoms with Crippen molar-refractivity contribution in [1.29, 1.82) is 0 Å². The largest absolute Gasteiger partial charge is 0.275 e. The fourth-order valence-corrected chi connectivity index (χ4v) is 2.45. The third-order valence-corrected chi connectivity index (χ3v) is 3.42. The van der Waals surface area contributed by atoms with E-state index in [-0.39, 0.29) is 16.8 Å². The molecule has 1 saturated heterocycles. The number of amides is 1. The maximum Gasteiger partial charge on any atom is 0.251 e. The molecule has 0 aliphatic carbocycles. The molecule has 82 valence electrons. The van der Waals surface area contributed by atoms with Crippen molar-refractivity contribution in [2.45, 2.75) is 37.6 Å². The lowest BCUT2D eigenvalue weighted by molar-refractivity contribution is -0.127. The second-order valence-corrected chi connectivity index (χ2v) is 6.55. The van der Waals surface area contributed by atoms with Crippen molar-refractivity contribution in [3.05, 3.63) is 0 Å². The van der Waals surface area contributed by atoms with E-state index in [4.69, 9.17) is 11.6 Å². The maximum atomic E-state index is 11.7. The van der Waals surface area contributed by atoms with Gasteiger partial charge in [-0.2, -0.15) is 0 Å². The number of carbonyl (C=O) groups is 1. The molecule has 14 heavy (non-hydrogen) atoms. The van der Waals surface area contributed by atoms with Crippen molar-refractivity contribution in [3.63, 3.8) is 0 Å². The Bertz CT molecular complexity index is 229. The highest BCUT2D eigenvalue weighted by Crippen LogP contribution is 2.31. The van der Waals surface area contributed by atoms with Crippen LogP contribution in [0.2, 0.25) is 0 Å². The topological polar surface area (TPSA) is 23.6 Å². The van der Waals surface area contributed by atoms with Gasteiger partial charge in [0.05, 0.1) is 0 Å². The standard InChI is InChI=1S/C9H17ClN2OS/c1-9(2,10)6-5-7-8(13)12(4)14-11(7)3/h7H,5-6H2,1-4H3. The fourth-order valence-electron chi connectivity index (χ4n) is 1.44. The zero-order chi connectivity index (χ0) is 10.9. The molecule has 1 fully saturated rings. The smallest absolute Gasteiger partial charge is 0.251 e. The van der Waals surface area contributed by atoms with Crippen molar-refractivity contribution in [2.24, 2.45) is 0 Å². The minimum atomic E-state index is -0.215. The third-order valence-electron chi connectivity index (χ3n) is 2.30. The molecule has 0 saturated carbocycles. The second kappa shape index (κ2) is 4.29. The van der Waals surface area contributed by atoms with E-state index in [1.165, 1.54) is 12.1 Å². The first-order valence-corrected chi connectivity index (χ1v) is 5.79. The number of alkyl halides is 1. The Kier molecular flexibility index (Phi) is 3.72. The summed E-state index contributed by atoms with van der Waals surface area (Å²) in [7, 11) is 3.74. The average molecular weight is 237 g/mol. The van der Waals surface area contributed by atoms with E-state index in [1.54, 1.807) is 11.4 Å². The Morgan fingerprint density at radius 1 is 1.50 bits per heavy atom. The molecule has 5 heteroatoms. The Hall–Kier alpha value is 0.0700. The summed E-state index contributed by atoms with van der Waals surface area (Å²) in [5.74, 6) is 0.179. The van der Waals surface area contributed by atoms with Gasteiger partial charge in [-0.25, -0.2) is 4.31 Å². The van der Waals surface area contributed by atoms with Crippen molar-refractivity contribution < 1.29 is 4.79 Å². The molecule has 0 bridgehead atoms. The zero-order valence-electron chi connectivity index (χ0n) is 9.08. The maximum absolute atomic E-state index is 11.7. The number of likely N-dealkylation sites (N-methyl/N-ethyl adjacent to an activating group) is 2. The van der Waals surface area contributed by atoms with Crippen LogP contribution in [-0.4, -0.2) is 39.5 Å². The van der Waals surface area contributed by atoms with Gasteiger partial charge in [0.1, 0.15) is 6.04 Å². The molecule has 0 aromatic carbocycles. The highest BCUT2D eigenvalue weighted by atomic mass is 35.5. The van der Waals surface area contributed by atoms with Gasteiger partial charge in [-0.15, -0.1) is 11.6 Å². The number of hydrogen-bond donors (Lipinski definition) is 0. The minimum Gasteiger partial charge on any atom is -0.275 e. The van der Waals surface area contributed by atoms with E-state index in [9.17, 15) is 4.79 Å². The van der Waals surface area contributed by atoms with Crippen LogP contribution in [0.15, 0.2) is 0 Å². The lowest BCUT2D eigenvalue weighted by Crippen LogP contribution is -2.31. The zero-order valence-corrected chi connectivity index (χ0v) is 10.7. The van der Waals surface area contributed by atoms with Crippen LogP contribution < -0.4 is 0 Å². The highest BCUT2D eigenvalue weighted by Gasteiger charge is 2.35. The quantitative estimate of drug-likeness (QED) is 0.554. The predicted molar refractivity (Wildman–Crippen MR) is 61.1 cm³/mol. The molecule has 0 radical (unpaired) electrons. The third kappa shape index (κ3) is 3.04. The lowest BCUT2D eigenvalue weighted by atomic mass is 10.0. The average Bonchev–Trinajstić information content (AvgIpc) is 2.23. The number of rotatable bonds is 3. The van der Waals surface area contributed by atoms with Crippen LogP contribution in [0.25, 0.3) is 0 Å². The van der Waals surface area contributed by atoms with Crippen molar-refractivity contribution in [2.75, 3.05) is 14.1 Å². The Balaban J connectivity index is 2.49. The van der Waals surface area contributed by atoms with Gasteiger partial charge in [-0.05, 0) is 26.7 Å². The molecule has 0 aromatic heterocycles. The minimum absolute atomic E-state index is 0.0111. The Morgan fingerprint density at radius 2 is 2.07 bits per heavy atom. The summed E-state index contributed by atoms with van der Waals surface area (Å²) in [5, 5.41) is 0. The first-order valence-electron chi connectivity index (χ1n) is 4.68. The molecule has 0 aromatic rings. The molecule has 1 aliphatic rings. The molecule has 1 amide bonds. The highest BCUT2D eigenvalue weighted by molar-refractivity contribution is 7.95. The summed E-state index contributed by atoms with van der Waals surface area (Å²) in [6.45, 7) is 3.95. The van der Waals surface area contributed by atoms with Crippen LogP contribution in [-0.2, 0) is 4.79 Å². The SMILES string of the molecule is CN1SN(C)C(CCC(C)(C)Cl)C1=O. The van der Waals surface area contributed by atoms with Crippen LogP contribution >= 0.6 is 23.7 Å². The van der Waals surface area contributed by atoms with Gasteiger partial charge in [0.2, 0.25) is 0 Å². The van der Waals surface area contributed by atoms with E-state index >= 15 is 0 Å². The van der Waals surface area contributed by atoms with Crippen molar-refractivity contribution in [1.82, 2.24) is 8.61 Å². The van der Waals surface area contributed by atoms with Crippen LogP contribution in [0.1, 0.15) is 26.7 Å². The Labute approximate surface area is 95.0 Å². The number of nitrogens with zero attached hydrogens (tertiary/aromatic N) is 2. The number of halogens is 1. The van der Waals surface area contributed by atoms with Crippen LogP contribution in [0, 0.1) is 0 Å². The predicted octanol–water partition coefficient (Wildman–Crippen LogP) is 2.12. The first kappa shape index (κ1) is 12.1. The van der Waals surface area contributed by atoms with Gasteiger partial charge < -0.3 is 0 Å². The molecule has 1 unspecified atom stereocenters. The molecule has 0 spiro atoms. The summed E-state index contributed by atoms with van der Waals surface area (Å²) in [5.41, 5.74) is 0. The molecule has 0 N–H and O–H groups in total. The lowest BCUT2D eigenvalue weighted by Gasteiger charge is -2.19. The summed E-state index contributed by atoms with van der Waals surface area (Å²) < 4.78 is 3.66. The Morgan fingerprint density at radius 3 is 2.43 bits per heavy atom. The van der Waals surface area contributed by atoms with Crippen LogP contribution in [0.3, 0.4) is 0 Å². The van der Waals surface area contributed by atoms with E-state index in [0.29, 0.717) is 0 Å². The molecule has 3 nitrogen and oxygen atoms in total. The monoisotopic (exact) mass is 236 g/mol. The van der Waals surface area contributed by atoms with Gasteiger partial charge >= 0.3 is 0 Å². The fraction of sp³-hybridized carbons (Fsp3) is 0.889. The van der Waals surface area contributed by atoms with E-state index in [2.05, 4.69) is 0 Å². The van der Waals surface area contributed by atoms with Gasteiger partial charge in [0.25, 0.3) is 5.91 Å². The summed E-state index contributed by atoms with van der Waals surface area (Å²) >= 11 is 7.55. The molecule has 1 atom stereocenters. The first-order chi connectivity index (χ1) is 6.31. The molecule has 1 heterocycles. The molecular formula is C9H17ClN2OS. The van der Waals surface area contributed by atoms with Crippen LogP contribution in [0.5, 0.6) is 0 Å². The van der Waals surface area contributed by atoms with Crippen molar-refractivity contribution >= 4 is 29.6 Å². The number of hydrogen-bond acceptors (Lipinski definition) is 3. The molecular weight excluding hydrogens is 220 g/mol. The molecule has 1 aliphatic heterocycles. The summed E-state index contributed by atoms with van der Waals surface area (Å²) in [4.78, 5) is 11.4. The van der Waals surface area contributed by atoms with E-state index in [0.717, 1.165) is 12.8 Å². The van der Waals surface area contributed by atoms with Crippen molar-refractivity contribution in [3.8, 4) is 0 Å². The van der Waals surface area contributed by atoms with Crippen LogP contribution in [0.4, 0.5) is 0 Å². The van der Waals surface area contributed by atoms with Gasteiger partial charge in [-0.3, -0.25) is 9.10 Å². The summed E-state index contributed by atoms with van der Waals surface area (Å²) in [6, 6.07) is -0.0111. The molecule has 1 rings (SSSR count). The van der Waals surface area contributed by atoms with Gasteiger partial charge in [-0.1, -0.05) is 0 Å². The second-order valence-electron chi connectivity index (χ2n) is 4.24. The van der Waals surface area contributed by atoms with E-state index < -0.39 is 0 Å². The van der Waals surface area contributed by atoms with E-state index in [1.807, 2.05) is 25.2 Å². The van der Waals surface area contributed by atoms with Gasteiger partial charge in [0, 0.05) is 31.1 Å².